The van der Waals surface area contributed by atoms with Gasteiger partial charge in [0.25, 0.3) is 0 Å². The molecule has 0 saturated heterocycles. The van der Waals surface area contributed by atoms with Gasteiger partial charge in [-0.2, -0.15) is 0 Å². The molecule has 0 spiro atoms. The van der Waals surface area contributed by atoms with E-state index < -0.39 is 24.4 Å². The Kier molecular flexibility index (Phi) is 8.83. The number of hydrogen-bond donors (Lipinski definition) is 3. The van der Waals surface area contributed by atoms with Crippen molar-refractivity contribution < 1.29 is 28.9 Å². The molecule has 0 unspecified atom stereocenters. The topological polar surface area (TPSA) is 88.0 Å². The van der Waals surface area contributed by atoms with Gasteiger partial charge in [-0.05, 0) is 66.1 Å². The summed E-state index contributed by atoms with van der Waals surface area (Å²) in [7, 11) is 1.55. The first-order chi connectivity index (χ1) is 15.8. The minimum absolute atomic E-state index is 0.0722. The van der Waals surface area contributed by atoms with Crippen LogP contribution in [0.1, 0.15) is 38.7 Å². The lowest BCUT2D eigenvalue weighted by atomic mass is 9.78. The molecule has 0 aromatic heterocycles. The summed E-state index contributed by atoms with van der Waals surface area (Å²) >= 11 is 0. The van der Waals surface area contributed by atoms with Crippen LogP contribution in [0.5, 0.6) is 5.75 Å². The van der Waals surface area contributed by atoms with Gasteiger partial charge in [0, 0.05) is 20.6 Å². The first kappa shape index (κ1) is 25.1. The molecule has 1 saturated carbocycles. The first-order valence-electron chi connectivity index (χ1n) is 11.5. The van der Waals surface area contributed by atoms with E-state index in [9.17, 15) is 19.4 Å². The Balaban J connectivity index is 1.87. The van der Waals surface area contributed by atoms with E-state index in [2.05, 4.69) is 12.2 Å². The molecule has 1 fully saturated rings. The van der Waals surface area contributed by atoms with Crippen LogP contribution < -0.4 is 10.1 Å². The second-order valence-electron chi connectivity index (χ2n) is 8.68. The summed E-state index contributed by atoms with van der Waals surface area (Å²) in [6.07, 6.45) is -0.210. The molecule has 0 heterocycles. The number of ether oxygens (including phenoxy) is 2. The molecule has 2 aromatic carbocycles. The van der Waals surface area contributed by atoms with Gasteiger partial charge in [0.05, 0.1) is 6.10 Å². The van der Waals surface area contributed by atoms with Gasteiger partial charge >= 0.3 is 0 Å². The van der Waals surface area contributed by atoms with Gasteiger partial charge in [0.1, 0.15) is 29.9 Å². The van der Waals surface area contributed by atoms with Crippen LogP contribution in [0.25, 0.3) is 11.1 Å². The first-order valence-corrected chi connectivity index (χ1v) is 11.5. The predicted molar refractivity (Wildman–Crippen MR) is 124 cm³/mol. The maximum Gasteiger partial charge on any atom is 0.216 e. The maximum atomic E-state index is 13.9. The molecular weight excluding hydrogens is 425 g/mol. The largest absolute Gasteiger partial charge is 0.488 e. The summed E-state index contributed by atoms with van der Waals surface area (Å²) in [5.74, 6) is 0.150. The number of methoxy groups -OCH3 is 1. The zero-order valence-corrected chi connectivity index (χ0v) is 19.5. The monoisotopic (exact) mass is 459 g/mol. The van der Waals surface area contributed by atoms with Crippen molar-refractivity contribution in [3.63, 3.8) is 0 Å². The van der Waals surface area contributed by atoms with Gasteiger partial charge < -0.3 is 25.0 Å². The smallest absolute Gasteiger partial charge is 0.216 e. The zero-order valence-electron chi connectivity index (χ0n) is 19.5. The normalized spacial score (nSPS) is 25.0. The lowest BCUT2D eigenvalue weighted by Crippen LogP contribution is -2.55. The van der Waals surface area contributed by atoms with E-state index in [1.54, 1.807) is 13.2 Å². The third kappa shape index (κ3) is 6.31. The second-order valence-corrected chi connectivity index (χ2v) is 8.68. The second kappa shape index (κ2) is 11.6. The van der Waals surface area contributed by atoms with Gasteiger partial charge in [-0.15, -0.1) is 0 Å². The number of hydrogen-bond acceptors (Lipinski definition) is 5. The molecule has 7 heteroatoms. The highest BCUT2D eigenvalue weighted by Crippen LogP contribution is 2.35. The number of aliphatic hydroxyl groups is 2. The van der Waals surface area contributed by atoms with Crippen LogP contribution in [0.3, 0.4) is 0 Å². The highest BCUT2D eigenvalue weighted by atomic mass is 19.1. The van der Waals surface area contributed by atoms with Crippen molar-refractivity contribution in [1.29, 1.82) is 0 Å². The number of carbonyl (C=O) groups excluding carboxylic acids is 1. The fourth-order valence-corrected chi connectivity index (χ4v) is 4.69. The van der Waals surface area contributed by atoms with E-state index in [1.165, 1.54) is 19.1 Å². The Morgan fingerprint density at radius 2 is 1.97 bits per heavy atom. The van der Waals surface area contributed by atoms with Crippen molar-refractivity contribution in [3.05, 3.63) is 53.8 Å². The predicted octanol–water partition coefficient (Wildman–Crippen LogP) is 3.48. The van der Waals surface area contributed by atoms with E-state index in [-0.39, 0.29) is 17.6 Å². The molecule has 1 amide bonds. The fraction of sp³-hybridized carbons (Fsp3) is 0.500. The molecule has 0 radical (unpaired) electrons. The van der Waals surface area contributed by atoms with Gasteiger partial charge in [0.2, 0.25) is 5.91 Å². The third-order valence-electron chi connectivity index (χ3n) is 6.27. The van der Waals surface area contributed by atoms with Gasteiger partial charge in [-0.25, -0.2) is 4.39 Å². The lowest BCUT2D eigenvalue weighted by Gasteiger charge is -2.42. The highest BCUT2D eigenvalue weighted by Gasteiger charge is 2.44. The Hall–Kier alpha value is -2.48. The highest BCUT2D eigenvalue weighted by molar-refractivity contribution is 5.73. The van der Waals surface area contributed by atoms with Crippen molar-refractivity contribution >= 4 is 5.91 Å². The van der Waals surface area contributed by atoms with Crippen molar-refractivity contribution in [1.82, 2.24) is 5.32 Å². The van der Waals surface area contributed by atoms with Gasteiger partial charge in [-0.1, -0.05) is 31.5 Å². The zero-order chi connectivity index (χ0) is 24.0. The van der Waals surface area contributed by atoms with Crippen LogP contribution in [0.2, 0.25) is 0 Å². The number of nitrogens with one attached hydrogen (secondary N) is 1. The van der Waals surface area contributed by atoms with Crippen molar-refractivity contribution in [2.24, 2.45) is 5.92 Å². The fourth-order valence-electron chi connectivity index (χ4n) is 4.69. The van der Waals surface area contributed by atoms with Crippen LogP contribution in [0.4, 0.5) is 4.39 Å². The Morgan fingerprint density at radius 1 is 1.18 bits per heavy atom. The molecule has 5 atom stereocenters. The number of halogens is 1. The molecule has 0 aliphatic heterocycles. The summed E-state index contributed by atoms with van der Waals surface area (Å²) in [4.78, 5) is 11.3. The summed E-state index contributed by atoms with van der Waals surface area (Å²) in [5.41, 5.74) is 2.43. The summed E-state index contributed by atoms with van der Waals surface area (Å²) in [5, 5.41) is 24.1. The SMILES string of the molecule is CCC[C@@H]1C[C@@H](Oc2ccc(CCNC(C)=O)c(-c3cccc(F)c3)c2)[C@H](O)[C@H](O)[C@H]1OC. The van der Waals surface area contributed by atoms with Gasteiger partial charge in [0.15, 0.2) is 0 Å². The van der Waals surface area contributed by atoms with Crippen molar-refractivity contribution in [2.75, 3.05) is 13.7 Å². The van der Waals surface area contributed by atoms with Crippen LogP contribution in [-0.2, 0) is 16.0 Å². The molecule has 1 aliphatic rings. The van der Waals surface area contributed by atoms with Crippen LogP contribution in [0.15, 0.2) is 42.5 Å². The Labute approximate surface area is 194 Å². The summed E-state index contributed by atoms with van der Waals surface area (Å²) in [6, 6.07) is 11.9. The molecule has 3 N–H and O–H groups in total. The molecule has 180 valence electrons. The van der Waals surface area contributed by atoms with E-state index in [0.29, 0.717) is 30.7 Å². The average Bonchev–Trinajstić information content (AvgIpc) is 2.78. The third-order valence-corrected chi connectivity index (χ3v) is 6.27. The van der Waals surface area contributed by atoms with Crippen LogP contribution in [-0.4, -0.2) is 54.2 Å². The van der Waals surface area contributed by atoms with Crippen molar-refractivity contribution in [3.8, 4) is 16.9 Å². The Bertz CT molecular complexity index is 937. The molecule has 6 nitrogen and oxygen atoms in total. The number of rotatable bonds is 9. The summed E-state index contributed by atoms with van der Waals surface area (Å²) in [6.45, 7) is 4.00. The molecule has 2 aromatic rings. The van der Waals surface area contributed by atoms with Gasteiger partial charge in [-0.3, -0.25) is 4.79 Å². The van der Waals surface area contributed by atoms with E-state index in [1.807, 2.05) is 24.3 Å². The van der Waals surface area contributed by atoms with E-state index in [0.717, 1.165) is 24.0 Å². The standard InChI is InChI=1S/C26H34FNO5/c1-4-6-19-14-23(24(30)25(31)26(19)32-3)33-21-10-9-17(11-12-28-16(2)29)22(15-21)18-7-5-8-20(27)13-18/h5,7-10,13,15,19,23-26,30-31H,4,6,11-12,14H2,1-3H3,(H,28,29)/t19-,23-,24+,25+,26+/m1/s1. The molecule has 1 aliphatic carbocycles. The number of amides is 1. The maximum absolute atomic E-state index is 13.9. The number of carbonyl (C=O) groups is 1. The molecular formula is C26H34FNO5. The van der Waals surface area contributed by atoms with E-state index in [4.69, 9.17) is 9.47 Å². The average molecular weight is 460 g/mol. The number of benzene rings is 2. The minimum Gasteiger partial charge on any atom is -0.488 e. The van der Waals surface area contributed by atoms with Crippen molar-refractivity contribution in [2.45, 2.75) is 63.9 Å². The lowest BCUT2D eigenvalue weighted by molar-refractivity contribution is -0.162. The summed E-state index contributed by atoms with van der Waals surface area (Å²) < 4.78 is 25.6. The van der Waals surface area contributed by atoms with Crippen LogP contribution >= 0.6 is 0 Å². The molecule has 33 heavy (non-hydrogen) atoms. The molecule has 3 rings (SSSR count). The van der Waals surface area contributed by atoms with Crippen LogP contribution in [0, 0.1) is 11.7 Å². The minimum atomic E-state index is -1.08. The van der Waals surface area contributed by atoms with E-state index >= 15 is 0 Å². The Morgan fingerprint density at radius 3 is 2.64 bits per heavy atom. The number of aliphatic hydroxyl groups excluding tert-OH is 2. The quantitative estimate of drug-likeness (QED) is 0.534. The molecule has 0 bridgehead atoms.